The molecule has 1 aliphatic carbocycles. The van der Waals surface area contributed by atoms with E-state index in [2.05, 4.69) is 22.1 Å². The van der Waals surface area contributed by atoms with E-state index in [1.54, 1.807) is 13.2 Å². The second-order valence-electron chi connectivity index (χ2n) is 6.39. The summed E-state index contributed by atoms with van der Waals surface area (Å²) in [6.07, 6.45) is 3.29. The first kappa shape index (κ1) is 19.4. The zero-order valence-electron chi connectivity index (χ0n) is 15.6. The minimum atomic E-state index is 0.201. The lowest BCUT2D eigenvalue weighted by molar-refractivity contribution is 0.115. The number of aliphatic imine (C=N–C) groups is 1. The van der Waals surface area contributed by atoms with Crippen LogP contribution >= 0.6 is 0 Å². The highest BCUT2D eigenvalue weighted by Crippen LogP contribution is 2.29. The topological polar surface area (TPSA) is 66.3 Å². The summed E-state index contributed by atoms with van der Waals surface area (Å²) < 4.78 is 10.8. The molecule has 1 fully saturated rings. The Kier molecular flexibility index (Phi) is 7.85. The van der Waals surface area contributed by atoms with Gasteiger partial charge in [-0.3, -0.25) is 4.99 Å². The number of para-hydroxylation sites is 1. The second kappa shape index (κ2) is 10.1. The molecule has 25 heavy (non-hydrogen) atoms. The molecule has 0 atom stereocenters. The third kappa shape index (κ3) is 6.46. The van der Waals surface area contributed by atoms with Gasteiger partial charge in [-0.2, -0.15) is 0 Å². The van der Waals surface area contributed by atoms with Crippen molar-refractivity contribution < 1.29 is 14.6 Å². The molecule has 1 aliphatic rings. The second-order valence-corrected chi connectivity index (χ2v) is 6.39. The lowest BCUT2D eigenvalue weighted by Crippen LogP contribution is -2.40. The summed E-state index contributed by atoms with van der Waals surface area (Å²) in [7, 11) is 3.57. The summed E-state index contributed by atoms with van der Waals surface area (Å²) in [6.45, 7) is 5.88. The number of nitrogens with one attached hydrogen (secondary N) is 1. The lowest BCUT2D eigenvalue weighted by atomic mass is 10.1. The van der Waals surface area contributed by atoms with Crippen molar-refractivity contribution in [3.63, 3.8) is 0 Å². The van der Waals surface area contributed by atoms with Crippen LogP contribution in [-0.2, 0) is 11.2 Å². The van der Waals surface area contributed by atoms with Gasteiger partial charge in [0.15, 0.2) is 17.5 Å². The zero-order chi connectivity index (χ0) is 18.1. The Morgan fingerprint density at radius 2 is 2.20 bits per heavy atom. The molecule has 6 heteroatoms. The van der Waals surface area contributed by atoms with Crippen molar-refractivity contribution in [1.82, 2.24) is 10.2 Å². The van der Waals surface area contributed by atoms with Crippen LogP contribution in [0, 0.1) is 5.92 Å². The van der Waals surface area contributed by atoms with E-state index in [1.807, 2.05) is 19.2 Å². The number of methoxy groups -OCH3 is 1. The number of nitrogens with zero attached hydrogens (tertiary/aromatic N) is 2. The third-order valence-corrected chi connectivity index (χ3v) is 4.26. The monoisotopic (exact) mass is 349 g/mol. The maximum Gasteiger partial charge on any atom is 0.193 e. The van der Waals surface area contributed by atoms with E-state index in [0.717, 1.165) is 37.1 Å². The van der Waals surface area contributed by atoms with Crippen molar-refractivity contribution >= 4 is 5.96 Å². The SMILES string of the molecule is CCNC(=NCCc1cccc(OC)c1O)N(C)CCOCC1CC1. The van der Waals surface area contributed by atoms with E-state index < -0.39 is 0 Å². The highest BCUT2D eigenvalue weighted by molar-refractivity contribution is 5.79. The average Bonchev–Trinajstić information content (AvgIpc) is 3.43. The largest absolute Gasteiger partial charge is 0.504 e. The molecule has 1 saturated carbocycles. The van der Waals surface area contributed by atoms with E-state index in [9.17, 15) is 5.11 Å². The Bertz CT molecular complexity index is 559. The third-order valence-electron chi connectivity index (χ3n) is 4.26. The molecular formula is C19H31N3O3. The number of benzene rings is 1. The number of hydrogen-bond acceptors (Lipinski definition) is 4. The zero-order valence-corrected chi connectivity index (χ0v) is 15.6. The average molecular weight is 349 g/mol. The Morgan fingerprint density at radius 1 is 1.40 bits per heavy atom. The summed E-state index contributed by atoms with van der Waals surface area (Å²) >= 11 is 0. The van der Waals surface area contributed by atoms with Gasteiger partial charge in [0.1, 0.15) is 0 Å². The van der Waals surface area contributed by atoms with Crippen LogP contribution in [0.1, 0.15) is 25.3 Å². The van der Waals surface area contributed by atoms with Gasteiger partial charge in [0.2, 0.25) is 0 Å². The molecule has 0 bridgehead atoms. The van der Waals surface area contributed by atoms with Crippen LogP contribution < -0.4 is 10.1 Å². The van der Waals surface area contributed by atoms with Gasteiger partial charge < -0.3 is 24.8 Å². The number of phenolic OH excluding ortho intramolecular Hbond substituents is 1. The van der Waals surface area contributed by atoms with Crippen LogP contribution in [0.4, 0.5) is 0 Å². The van der Waals surface area contributed by atoms with Gasteiger partial charge in [0, 0.05) is 33.3 Å². The van der Waals surface area contributed by atoms with Crippen LogP contribution in [0.2, 0.25) is 0 Å². The number of guanidine groups is 1. The fourth-order valence-corrected chi connectivity index (χ4v) is 2.53. The molecule has 0 aliphatic heterocycles. The minimum absolute atomic E-state index is 0.201. The summed E-state index contributed by atoms with van der Waals surface area (Å²) in [5, 5.41) is 13.4. The summed E-state index contributed by atoms with van der Waals surface area (Å²) in [5.74, 6) is 2.35. The van der Waals surface area contributed by atoms with E-state index >= 15 is 0 Å². The molecule has 0 unspecified atom stereocenters. The van der Waals surface area contributed by atoms with E-state index in [0.29, 0.717) is 25.3 Å². The maximum absolute atomic E-state index is 10.1. The predicted molar refractivity (Wildman–Crippen MR) is 101 cm³/mol. The molecule has 2 N–H and O–H groups in total. The van der Waals surface area contributed by atoms with Gasteiger partial charge in [0.05, 0.1) is 13.7 Å². The molecule has 6 nitrogen and oxygen atoms in total. The Hall–Kier alpha value is -1.95. The lowest BCUT2D eigenvalue weighted by Gasteiger charge is -2.22. The van der Waals surface area contributed by atoms with Gasteiger partial charge in [-0.05, 0) is 43.7 Å². The number of hydrogen-bond donors (Lipinski definition) is 2. The van der Waals surface area contributed by atoms with Gasteiger partial charge >= 0.3 is 0 Å². The Balaban J connectivity index is 1.83. The molecular weight excluding hydrogens is 318 g/mol. The molecule has 1 aromatic carbocycles. The van der Waals surface area contributed by atoms with Crippen LogP contribution in [0.3, 0.4) is 0 Å². The van der Waals surface area contributed by atoms with Gasteiger partial charge in [-0.15, -0.1) is 0 Å². The molecule has 0 saturated heterocycles. The molecule has 0 heterocycles. The van der Waals surface area contributed by atoms with Gasteiger partial charge in [0.25, 0.3) is 0 Å². The van der Waals surface area contributed by atoms with Crippen LogP contribution in [0.5, 0.6) is 11.5 Å². The number of phenols is 1. The first-order chi connectivity index (χ1) is 12.2. The van der Waals surface area contributed by atoms with E-state index in [4.69, 9.17) is 9.47 Å². The standard InChI is InChI=1S/C19H31N3O3/c1-4-20-19(22(2)12-13-25-14-15-8-9-15)21-11-10-16-6-5-7-17(24-3)18(16)23/h5-7,15,23H,4,8-14H2,1-3H3,(H,20,21). The fourth-order valence-electron chi connectivity index (χ4n) is 2.53. The van der Waals surface area contributed by atoms with Crippen molar-refractivity contribution in [1.29, 1.82) is 0 Å². The Labute approximate surface area is 150 Å². The summed E-state index contributed by atoms with van der Waals surface area (Å²) in [6, 6.07) is 5.53. The first-order valence-corrected chi connectivity index (χ1v) is 9.07. The highest BCUT2D eigenvalue weighted by atomic mass is 16.5. The highest BCUT2D eigenvalue weighted by Gasteiger charge is 2.21. The predicted octanol–water partition coefficient (Wildman–Crippen LogP) is 2.27. The molecule has 2 rings (SSSR count). The van der Waals surface area contributed by atoms with Crippen LogP contribution in [-0.4, -0.2) is 63.0 Å². The smallest absolute Gasteiger partial charge is 0.193 e. The van der Waals surface area contributed by atoms with Crippen LogP contribution in [0.15, 0.2) is 23.2 Å². The first-order valence-electron chi connectivity index (χ1n) is 9.07. The molecule has 1 aromatic rings. The Morgan fingerprint density at radius 3 is 2.88 bits per heavy atom. The number of aromatic hydroxyl groups is 1. The van der Waals surface area contributed by atoms with Gasteiger partial charge in [-0.25, -0.2) is 0 Å². The van der Waals surface area contributed by atoms with E-state index in [1.165, 1.54) is 12.8 Å². The molecule has 140 valence electrons. The van der Waals surface area contributed by atoms with E-state index in [-0.39, 0.29) is 5.75 Å². The van der Waals surface area contributed by atoms with Crippen molar-refractivity contribution in [3.8, 4) is 11.5 Å². The number of likely N-dealkylation sites (N-methyl/N-ethyl adjacent to an activating group) is 1. The van der Waals surface area contributed by atoms with Crippen molar-refractivity contribution in [2.24, 2.45) is 10.9 Å². The van der Waals surface area contributed by atoms with Crippen LogP contribution in [0.25, 0.3) is 0 Å². The summed E-state index contributed by atoms with van der Waals surface area (Å²) in [5.41, 5.74) is 0.842. The fraction of sp³-hybridized carbons (Fsp3) is 0.632. The van der Waals surface area contributed by atoms with Gasteiger partial charge in [-0.1, -0.05) is 12.1 Å². The molecule has 0 radical (unpaired) electrons. The number of ether oxygens (including phenoxy) is 2. The molecule has 0 amide bonds. The quantitative estimate of drug-likeness (QED) is 0.385. The number of rotatable bonds is 10. The summed E-state index contributed by atoms with van der Waals surface area (Å²) in [4.78, 5) is 6.74. The minimum Gasteiger partial charge on any atom is -0.504 e. The van der Waals surface area contributed by atoms with Crippen molar-refractivity contribution in [2.75, 3.05) is 47.0 Å². The maximum atomic E-state index is 10.1. The molecule has 0 spiro atoms. The normalized spacial score (nSPS) is 14.4. The molecule has 0 aromatic heterocycles. The van der Waals surface area contributed by atoms with Crippen molar-refractivity contribution in [3.05, 3.63) is 23.8 Å². The van der Waals surface area contributed by atoms with Crippen molar-refractivity contribution in [2.45, 2.75) is 26.2 Å².